The third kappa shape index (κ3) is 2.09. The Bertz CT molecular complexity index is 544. The first-order chi connectivity index (χ1) is 9.06. The van der Waals surface area contributed by atoms with E-state index in [9.17, 15) is 4.79 Å². The Morgan fingerprint density at radius 3 is 2.63 bits per heavy atom. The van der Waals surface area contributed by atoms with Gasteiger partial charge in [0.05, 0.1) is 0 Å². The number of fused-ring (bicyclic) bond motifs is 2. The molecule has 0 heterocycles. The largest absolute Gasteiger partial charge is 0.426 e. The SMILES string of the molecule is CC(=O)Oc1cc(C2C3C=CC(C3)C2C)ccc1C. The molecule has 2 aliphatic rings. The lowest BCUT2D eigenvalue weighted by Gasteiger charge is -2.25. The molecule has 2 heteroatoms. The Labute approximate surface area is 114 Å². The molecule has 1 aromatic rings. The Hall–Kier alpha value is -1.57. The minimum absolute atomic E-state index is 0.249. The number of ether oxygens (including phenoxy) is 1. The van der Waals surface area contributed by atoms with Gasteiger partial charge in [0.2, 0.25) is 0 Å². The van der Waals surface area contributed by atoms with Crippen LogP contribution in [-0.4, -0.2) is 5.97 Å². The second-order valence-electron chi connectivity index (χ2n) is 5.95. The van der Waals surface area contributed by atoms with E-state index in [0.717, 1.165) is 11.5 Å². The Balaban J connectivity index is 1.93. The molecule has 0 aliphatic heterocycles. The maximum absolute atomic E-state index is 11.2. The highest BCUT2D eigenvalue weighted by Gasteiger charge is 2.42. The summed E-state index contributed by atoms with van der Waals surface area (Å²) in [7, 11) is 0. The first-order valence-corrected chi connectivity index (χ1v) is 7.03. The third-order valence-electron chi connectivity index (χ3n) is 4.70. The average Bonchev–Trinajstić information content (AvgIpc) is 2.92. The fraction of sp³-hybridized carbons (Fsp3) is 0.471. The quantitative estimate of drug-likeness (QED) is 0.456. The van der Waals surface area contributed by atoms with Gasteiger partial charge in [-0.05, 0) is 54.2 Å². The van der Waals surface area contributed by atoms with Crippen molar-refractivity contribution in [2.75, 3.05) is 0 Å². The van der Waals surface area contributed by atoms with Gasteiger partial charge in [0.15, 0.2) is 0 Å². The first-order valence-electron chi connectivity index (χ1n) is 7.03. The fourth-order valence-corrected chi connectivity index (χ4v) is 3.71. The zero-order valence-corrected chi connectivity index (χ0v) is 11.7. The zero-order valence-electron chi connectivity index (χ0n) is 11.7. The van der Waals surface area contributed by atoms with Crippen LogP contribution in [0.4, 0.5) is 0 Å². The molecule has 2 aliphatic carbocycles. The number of hydrogen-bond acceptors (Lipinski definition) is 2. The van der Waals surface area contributed by atoms with Crippen LogP contribution in [0, 0.1) is 24.7 Å². The second-order valence-corrected chi connectivity index (χ2v) is 5.95. The van der Waals surface area contributed by atoms with Gasteiger partial charge in [-0.1, -0.05) is 31.2 Å². The van der Waals surface area contributed by atoms with E-state index < -0.39 is 0 Å². The summed E-state index contributed by atoms with van der Waals surface area (Å²) in [6.07, 6.45) is 6.01. The average molecular weight is 256 g/mol. The third-order valence-corrected chi connectivity index (χ3v) is 4.70. The smallest absolute Gasteiger partial charge is 0.308 e. The summed E-state index contributed by atoms with van der Waals surface area (Å²) in [5.41, 5.74) is 2.33. The molecule has 0 amide bonds. The van der Waals surface area contributed by atoms with E-state index in [0.29, 0.717) is 23.5 Å². The summed E-state index contributed by atoms with van der Waals surface area (Å²) in [6, 6.07) is 6.32. The van der Waals surface area contributed by atoms with E-state index in [2.05, 4.69) is 37.3 Å². The van der Waals surface area contributed by atoms with Crippen LogP contribution >= 0.6 is 0 Å². The highest BCUT2D eigenvalue weighted by molar-refractivity contribution is 5.70. The predicted octanol–water partition coefficient (Wildman–Crippen LogP) is 3.85. The van der Waals surface area contributed by atoms with E-state index >= 15 is 0 Å². The summed E-state index contributed by atoms with van der Waals surface area (Å²) in [5, 5.41) is 0. The Morgan fingerprint density at radius 2 is 2.00 bits per heavy atom. The molecular weight excluding hydrogens is 236 g/mol. The first kappa shape index (κ1) is 12.5. The van der Waals surface area contributed by atoms with Crippen molar-refractivity contribution < 1.29 is 9.53 Å². The van der Waals surface area contributed by atoms with E-state index in [1.165, 1.54) is 18.9 Å². The normalized spacial score (nSPS) is 31.7. The van der Waals surface area contributed by atoms with Crippen LogP contribution in [0.3, 0.4) is 0 Å². The number of allylic oxidation sites excluding steroid dienone is 2. The van der Waals surface area contributed by atoms with Crippen LogP contribution in [0.25, 0.3) is 0 Å². The van der Waals surface area contributed by atoms with Gasteiger partial charge in [0.25, 0.3) is 0 Å². The van der Waals surface area contributed by atoms with Crippen molar-refractivity contribution in [2.45, 2.75) is 33.1 Å². The molecule has 4 atom stereocenters. The molecule has 1 fully saturated rings. The second kappa shape index (κ2) is 4.52. The van der Waals surface area contributed by atoms with Crippen LogP contribution in [0.15, 0.2) is 30.4 Å². The number of carbonyl (C=O) groups is 1. The standard InChI is InChI=1S/C17H20O2/c1-10-4-5-15(9-16(10)19-12(3)18)17-11(2)13-6-7-14(17)8-13/h4-7,9,11,13-14,17H,8H2,1-3H3. The summed E-state index contributed by atoms with van der Waals surface area (Å²) in [5.74, 6) is 3.11. The summed E-state index contributed by atoms with van der Waals surface area (Å²) in [6.45, 7) is 5.77. The number of carbonyl (C=O) groups excluding carboxylic acids is 1. The van der Waals surface area contributed by atoms with Crippen LogP contribution < -0.4 is 4.74 Å². The van der Waals surface area contributed by atoms with Crippen molar-refractivity contribution in [3.8, 4) is 5.75 Å². The minimum Gasteiger partial charge on any atom is -0.426 e. The van der Waals surface area contributed by atoms with Crippen molar-refractivity contribution in [3.63, 3.8) is 0 Å². The van der Waals surface area contributed by atoms with Crippen molar-refractivity contribution in [1.29, 1.82) is 0 Å². The fourth-order valence-electron chi connectivity index (χ4n) is 3.71. The van der Waals surface area contributed by atoms with Crippen LogP contribution in [0.2, 0.25) is 0 Å². The molecule has 0 saturated heterocycles. The molecular formula is C17H20O2. The lowest BCUT2D eigenvalue weighted by atomic mass is 9.79. The van der Waals surface area contributed by atoms with E-state index in [-0.39, 0.29) is 5.97 Å². The number of aryl methyl sites for hydroxylation is 1. The molecule has 2 bridgehead atoms. The minimum atomic E-state index is -0.249. The maximum Gasteiger partial charge on any atom is 0.308 e. The van der Waals surface area contributed by atoms with Gasteiger partial charge < -0.3 is 4.74 Å². The van der Waals surface area contributed by atoms with Crippen LogP contribution in [-0.2, 0) is 4.79 Å². The number of esters is 1. The number of rotatable bonds is 2. The molecule has 1 aromatic carbocycles. The summed E-state index contributed by atoms with van der Waals surface area (Å²) >= 11 is 0. The monoisotopic (exact) mass is 256 g/mol. The van der Waals surface area contributed by atoms with Gasteiger partial charge >= 0.3 is 5.97 Å². The van der Waals surface area contributed by atoms with E-state index in [4.69, 9.17) is 4.74 Å². The number of benzene rings is 1. The Kier molecular flexibility index (Phi) is 2.96. The molecule has 0 radical (unpaired) electrons. The van der Waals surface area contributed by atoms with Gasteiger partial charge in [-0.2, -0.15) is 0 Å². The van der Waals surface area contributed by atoms with Crippen molar-refractivity contribution in [1.82, 2.24) is 0 Å². The van der Waals surface area contributed by atoms with E-state index in [1.807, 2.05) is 6.92 Å². The maximum atomic E-state index is 11.2. The van der Waals surface area contributed by atoms with E-state index in [1.54, 1.807) is 0 Å². The highest BCUT2D eigenvalue weighted by atomic mass is 16.5. The van der Waals surface area contributed by atoms with Gasteiger partial charge in [0.1, 0.15) is 5.75 Å². The molecule has 100 valence electrons. The molecule has 0 aromatic heterocycles. The van der Waals surface area contributed by atoms with Crippen molar-refractivity contribution >= 4 is 5.97 Å². The molecule has 0 N–H and O–H groups in total. The molecule has 0 spiro atoms. The predicted molar refractivity (Wildman–Crippen MR) is 75.1 cm³/mol. The molecule has 3 rings (SSSR count). The molecule has 1 saturated carbocycles. The topological polar surface area (TPSA) is 26.3 Å². The lowest BCUT2D eigenvalue weighted by molar-refractivity contribution is -0.131. The van der Waals surface area contributed by atoms with Gasteiger partial charge in [0, 0.05) is 6.92 Å². The van der Waals surface area contributed by atoms with Crippen LogP contribution in [0.1, 0.15) is 37.3 Å². The zero-order chi connectivity index (χ0) is 13.6. The Morgan fingerprint density at radius 1 is 1.26 bits per heavy atom. The molecule has 2 nitrogen and oxygen atoms in total. The van der Waals surface area contributed by atoms with Gasteiger partial charge in [-0.3, -0.25) is 4.79 Å². The number of hydrogen-bond donors (Lipinski definition) is 0. The van der Waals surface area contributed by atoms with Gasteiger partial charge in [-0.15, -0.1) is 0 Å². The summed E-state index contributed by atoms with van der Waals surface area (Å²) < 4.78 is 5.30. The lowest BCUT2D eigenvalue weighted by Crippen LogP contribution is -2.15. The molecule has 19 heavy (non-hydrogen) atoms. The van der Waals surface area contributed by atoms with Crippen LogP contribution in [0.5, 0.6) is 5.75 Å². The van der Waals surface area contributed by atoms with Gasteiger partial charge in [-0.25, -0.2) is 0 Å². The van der Waals surface area contributed by atoms with Crippen molar-refractivity contribution in [3.05, 3.63) is 41.5 Å². The highest BCUT2D eigenvalue weighted by Crippen LogP contribution is 2.53. The molecule has 4 unspecified atom stereocenters. The van der Waals surface area contributed by atoms with Crippen molar-refractivity contribution in [2.24, 2.45) is 17.8 Å². The summed E-state index contributed by atoms with van der Waals surface area (Å²) in [4.78, 5) is 11.2.